The molecule has 68 heavy (non-hydrogen) atoms. The molecule has 1 saturated heterocycles. The van der Waals surface area contributed by atoms with E-state index in [0.717, 1.165) is 0 Å². The first-order chi connectivity index (χ1) is 32.3. The van der Waals surface area contributed by atoms with Gasteiger partial charge in [0, 0.05) is 19.4 Å². The first kappa shape index (κ1) is 55.7. The minimum absolute atomic E-state index is 0.0183. The van der Waals surface area contributed by atoms with E-state index in [1.807, 2.05) is 6.92 Å². The van der Waals surface area contributed by atoms with Crippen LogP contribution in [0.5, 0.6) is 5.75 Å². The molecule has 0 aromatic heterocycles. The largest absolute Gasteiger partial charge is 0.494 e. The molecule has 23 heteroatoms. The molecule has 3 unspecified atom stereocenters. The molecule has 2 heterocycles. The lowest BCUT2D eigenvalue weighted by atomic mass is 9.96. The number of carbonyl (C=O) groups excluding carboxylic acids is 10. The second-order valence-corrected chi connectivity index (χ2v) is 16.9. The van der Waals surface area contributed by atoms with Gasteiger partial charge < -0.3 is 69.2 Å². The molecule has 3 rings (SSSR count). The fraction of sp³-hybridized carbons (Fsp3) is 0.600. The quantitative estimate of drug-likeness (QED) is 0.0651. The topological polar surface area (TPSA) is 366 Å². The van der Waals surface area contributed by atoms with Crippen LogP contribution < -0.4 is 59.2 Å². The molecule has 0 spiro atoms. The summed E-state index contributed by atoms with van der Waals surface area (Å²) in [5, 5.41) is 28.6. The number of hydrogen-bond acceptors (Lipinski definition) is 13. The minimum Gasteiger partial charge on any atom is -0.494 e. The smallest absolute Gasteiger partial charge is 0.246 e. The lowest BCUT2D eigenvalue weighted by Gasteiger charge is -2.31. The van der Waals surface area contributed by atoms with E-state index in [-0.39, 0.29) is 51.6 Å². The SMILES string of the molecule is CCOc1ccc(CC2NC(=O)CC/C=C/CC(C(=O)N3CCC[C@H]3C(=O)N[C@@H](CCCN)C(=O)NCC(N)=O)NC(=O)[C@H](CC(N)=O)NC(=O)[C@H]([C@@H](C)O)NC(=O)C([C@@H](C)CC)NC2=O)cc1. The molecule has 1 aromatic carbocycles. The number of allylic oxidation sites excluding steroid dienone is 1. The molecule has 0 radical (unpaired) electrons. The standard InChI is InChI=1S/C45H69N11O12/c1-5-25(3)37-43(65)55-38(26(4)57)44(66)53-32(23-34(47)58)40(62)52-30(45(67)56-21-11-14-33(56)42(64)51-29(13-10-20-46)39(61)49-24-35(48)59)12-8-7-9-15-36(60)50-31(41(63)54-37)22-27-16-18-28(19-17-27)68-6-2/h7-8,16-19,25-26,29-33,37-38,57H,5-6,9-15,20-24,46H2,1-4H3,(H2,47,58)(H2,48,59)(H,49,61)(H,50,60)(H,51,64)(H,52,62)(H,53,66)(H,54,63)(H,55,65)/b8-7+/t25-,26+,29-,30?,31?,32-,33-,37?,38-/m0/s1. The number of rotatable bonds is 18. The predicted octanol–water partition coefficient (Wildman–Crippen LogP) is -3.09. The van der Waals surface area contributed by atoms with E-state index in [9.17, 15) is 53.1 Å². The van der Waals surface area contributed by atoms with Crippen molar-refractivity contribution in [3.8, 4) is 5.75 Å². The van der Waals surface area contributed by atoms with Crippen molar-refractivity contribution in [2.75, 3.05) is 26.2 Å². The van der Waals surface area contributed by atoms with Gasteiger partial charge in [-0.05, 0) is 82.5 Å². The summed E-state index contributed by atoms with van der Waals surface area (Å²) in [7, 11) is 0. The minimum atomic E-state index is -1.74. The molecule has 2 aliphatic heterocycles. The number of nitrogens with two attached hydrogens (primary N) is 3. The van der Waals surface area contributed by atoms with Crippen LogP contribution in [0.1, 0.15) is 91.0 Å². The maximum absolute atomic E-state index is 14.4. The summed E-state index contributed by atoms with van der Waals surface area (Å²) in [4.78, 5) is 135. The summed E-state index contributed by atoms with van der Waals surface area (Å²) < 4.78 is 5.53. The zero-order valence-corrected chi connectivity index (χ0v) is 39.2. The zero-order chi connectivity index (χ0) is 50.5. The Labute approximate surface area is 395 Å². The normalized spacial score (nSPS) is 24.0. The number of benzene rings is 1. The molecule has 0 bridgehead atoms. The molecule has 0 saturated carbocycles. The van der Waals surface area contributed by atoms with Gasteiger partial charge in [-0.3, -0.25) is 47.9 Å². The molecule has 2 aliphatic rings. The molecular formula is C45H69N11O12. The third kappa shape index (κ3) is 17.6. The number of carbonyl (C=O) groups is 10. The lowest BCUT2D eigenvalue weighted by Crippen LogP contribution is -2.62. The molecule has 0 aliphatic carbocycles. The highest BCUT2D eigenvalue weighted by atomic mass is 16.5. The Morgan fingerprint density at radius 1 is 0.853 bits per heavy atom. The Hall–Kier alpha value is -6.62. The molecule has 14 N–H and O–H groups in total. The number of hydrogen-bond donors (Lipinski definition) is 11. The van der Waals surface area contributed by atoms with Gasteiger partial charge in [-0.25, -0.2) is 0 Å². The second-order valence-electron chi connectivity index (χ2n) is 16.9. The second kappa shape index (κ2) is 27.9. The number of aliphatic hydroxyl groups is 1. The number of primary amides is 2. The number of nitrogens with one attached hydrogen (secondary N) is 7. The van der Waals surface area contributed by atoms with Crippen molar-refractivity contribution in [3.63, 3.8) is 0 Å². The van der Waals surface area contributed by atoms with Crippen LogP contribution in [0, 0.1) is 5.92 Å². The Balaban J connectivity index is 2.02. The molecular weight excluding hydrogens is 887 g/mol. The average molecular weight is 956 g/mol. The number of ether oxygens (including phenoxy) is 1. The fourth-order valence-corrected chi connectivity index (χ4v) is 7.59. The van der Waals surface area contributed by atoms with E-state index >= 15 is 0 Å². The van der Waals surface area contributed by atoms with Crippen molar-refractivity contribution in [2.24, 2.45) is 23.1 Å². The van der Waals surface area contributed by atoms with E-state index in [1.54, 1.807) is 44.2 Å². The van der Waals surface area contributed by atoms with E-state index in [0.29, 0.717) is 37.2 Å². The summed E-state index contributed by atoms with van der Waals surface area (Å²) in [5.74, 6) is -8.16. The highest BCUT2D eigenvalue weighted by Gasteiger charge is 2.40. The van der Waals surface area contributed by atoms with E-state index in [2.05, 4.69) is 37.2 Å². The molecule has 1 fully saturated rings. The zero-order valence-electron chi connectivity index (χ0n) is 39.2. The summed E-state index contributed by atoms with van der Waals surface area (Å²) in [6.45, 7) is 6.70. The lowest BCUT2D eigenvalue weighted by molar-refractivity contribution is -0.142. The van der Waals surface area contributed by atoms with Crippen LogP contribution in [0.15, 0.2) is 36.4 Å². The third-order valence-electron chi connectivity index (χ3n) is 11.5. The molecule has 23 nitrogen and oxygen atoms in total. The van der Waals surface area contributed by atoms with Crippen LogP contribution in [0.25, 0.3) is 0 Å². The summed E-state index contributed by atoms with van der Waals surface area (Å²) >= 11 is 0. The van der Waals surface area contributed by atoms with Crippen LogP contribution >= 0.6 is 0 Å². The summed E-state index contributed by atoms with van der Waals surface area (Å²) in [6, 6.07) is -2.69. The third-order valence-corrected chi connectivity index (χ3v) is 11.5. The number of aliphatic hydroxyl groups excluding tert-OH is 1. The van der Waals surface area contributed by atoms with Gasteiger partial charge in [-0.15, -0.1) is 0 Å². The maximum Gasteiger partial charge on any atom is 0.246 e. The number of nitrogens with zero attached hydrogens (tertiary/aromatic N) is 1. The van der Waals surface area contributed by atoms with Gasteiger partial charge in [0.15, 0.2) is 0 Å². The molecule has 10 amide bonds. The van der Waals surface area contributed by atoms with Gasteiger partial charge in [0.1, 0.15) is 48.0 Å². The Morgan fingerprint density at radius 3 is 2.13 bits per heavy atom. The van der Waals surface area contributed by atoms with Crippen molar-refractivity contribution < 1.29 is 57.8 Å². The first-order valence-corrected chi connectivity index (χ1v) is 23.0. The van der Waals surface area contributed by atoms with Crippen molar-refractivity contribution in [1.29, 1.82) is 0 Å². The Kier molecular flexibility index (Phi) is 22.8. The first-order valence-electron chi connectivity index (χ1n) is 23.0. The van der Waals surface area contributed by atoms with Gasteiger partial charge in [0.25, 0.3) is 0 Å². The monoisotopic (exact) mass is 956 g/mol. The van der Waals surface area contributed by atoms with Crippen molar-refractivity contribution in [2.45, 2.75) is 140 Å². The van der Waals surface area contributed by atoms with Crippen molar-refractivity contribution in [1.82, 2.24) is 42.1 Å². The molecule has 1 aromatic rings. The highest BCUT2D eigenvalue weighted by Crippen LogP contribution is 2.21. The van der Waals surface area contributed by atoms with Crippen LogP contribution in [0.4, 0.5) is 0 Å². The van der Waals surface area contributed by atoms with Crippen molar-refractivity contribution >= 4 is 59.1 Å². The average Bonchev–Trinajstić information content (AvgIpc) is 3.79. The van der Waals surface area contributed by atoms with Gasteiger partial charge in [0.05, 0.1) is 25.7 Å². The Morgan fingerprint density at radius 2 is 1.51 bits per heavy atom. The van der Waals surface area contributed by atoms with E-state index in [4.69, 9.17) is 21.9 Å². The van der Waals surface area contributed by atoms with Crippen LogP contribution in [-0.2, 0) is 54.4 Å². The molecule has 9 atom stereocenters. The van der Waals surface area contributed by atoms with E-state index < -0.39 is 126 Å². The van der Waals surface area contributed by atoms with Crippen LogP contribution in [0.3, 0.4) is 0 Å². The maximum atomic E-state index is 14.4. The van der Waals surface area contributed by atoms with Crippen molar-refractivity contribution in [3.05, 3.63) is 42.0 Å². The van der Waals surface area contributed by atoms with Gasteiger partial charge in [0.2, 0.25) is 59.1 Å². The predicted molar refractivity (Wildman–Crippen MR) is 246 cm³/mol. The molecule has 376 valence electrons. The summed E-state index contributed by atoms with van der Waals surface area (Å²) in [6.07, 6.45) is 1.87. The fourth-order valence-electron chi connectivity index (χ4n) is 7.59. The number of likely N-dealkylation sites (tertiary alicyclic amines) is 1. The highest BCUT2D eigenvalue weighted by molar-refractivity contribution is 5.99. The van der Waals surface area contributed by atoms with Gasteiger partial charge in [-0.2, -0.15) is 0 Å². The summed E-state index contributed by atoms with van der Waals surface area (Å²) in [5.41, 5.74) is 17.0. The Bertz CT molecular complexity index is 1980. The van der Waals surface area contributed by atoms with Crippen LogP contribution in [-0.4, -0.2) is 144 Å². The van der Waals surface area contributed by atoms with Gasteiger partial charge >= 0.3 is 0 Å². The van der Waals surface area contributed by atoms with Crippen LogP contribution in [0.2, 0.25) is 0 Å². The van der Waals surface area contributed by atoms with Gasteiger partial charge in [-0.1, -0.05) is 44.6 Å². The van der Waals surface area contributed by atoms with E-state index in [1.165, 1.54) is 17.9 Å². The number of amides is 10.